The molecule has 20 heavy (non-hydrogen) atoms. The lowest BCUT2D eigenvalue weighted by atomic mass is 9.76. The Bertz CT molecular complexity index is 474. The topological polar surface area (TPSA) is 46.2 Å². The zero-order valence-corrected chi connectivity index (χ0v) is 12.7. The van der Waals surface area contributed by atoms with E-state index in [1.165, 1.54) is 0 Å². The minimum absolute atomic E-state index is 0. The molecule has 3 heteroatoms. The zero-order chi connectivity index (χ0) is 13.9. The maximum atomic E-state index is 11.3. The largest absolute Gasteiger partial charge is 0.379 e. The third-order valence-electron chi connectivity index (χ3n) is 3.63. The predicted octanol–water partition coefficient (Wildman–Crippen LogP) is 3.33. The lowest BCUT2D eigenvalue weighted by molar-refractivity contribution is 0.0353. The molecule has 108 valence electrons. The Balaban J connectivity index is 0.00000200. The highest BCUT2D eigenvalue weighted by Gasteiger charge is 2.39. The van der Waals surface area contributed by atoms with Gasteiger partial charge in [-0.25, -0.2) is 0 Å². The summed E-state index contributed by atoms with van der Waals surface area (Å²) in [4.78, 5) is 0. The first-order valence-corrected chi connectivity index (χ1v) is 6.66. The molecule has 2 nitrogen and oxygen atoms in total. The van der Waals surface area contributed by atoms with Crippen LogP contribution in [0.4, 0.5) is 0 Å². The van der Waals surface area contributed by atoms with Gasteiger partial charge in [0.2, 0.25) is 0 Å². The number of halogens is 1. The molecule has 0 heterocycles. The minimum Gasteiger partial charge on any atom is -0.379 e. The van der Waals surface area contributed by atoms with Crippen LogP contribution < -0.4 is 5.73 Å². The fraction of sp³-hybridized carbons (Fsp3) is 0.294. The number of aliphatic hydroxyl groups is 1. The van der Waals surface area contributed by atoms with E-state index in [9.17, 15) is 5.11 Å². The number of benzene rings is 2. The highest BCUT2D eigenvalue weighted by Crippen LogP contribution is 2.34. The van der Waals surface area contributed by atoms with Crippen molar-refractivity contribution in [3.63, 3.8) is 0 Å². The van der Waals surface area contributed by atoms with Crippen molar-refractivity contribution in [2.75, 3.05) is 0 Å². The van der Waals surface area contributed by atoms with Crippen molar-refractivity contribution >= 4 is 12.4 Å². The molecule has 2 aromatic rings. The third kappa shape index (κ3) is 3.04. The molecule has 2 rings (SSSR count). The monoisotopic (exact) mass is 291 g/mol. The van der Waals surface area contributed by atoms with Crippen LogP contribution in [0.15, 0.2) is 60.7 Å². The van der Waals surface area contributed by atoms with Crippen molar-refractivity contribution in [1.82, 2.24) is 0 Å². The molecule has 0 saturated heterocycles. The molecule has 0 fully saturated rings. The van der Waals surface area contributed by atoms with E-state index in [0.29, 0.717) is 0 Å². The fourth-order valence-corrected chi connectivity index (χ4v) is 2.42. The van der Waals surface area contributed by atoms with Crippen LogP contribution in [0.1, 0.15) is 25.0 Å². The van der Waals surface area contributed by atoms with Gasteiger partial charge in [0.05, 0.1) is 0 Å². The van der Waals surface area contributed by atoms with Gasteiger partial charge in [0.25, 0.3) is 0 Å². The zero-order valence-electron chi connectivity index (χ0n) is 11.9. The molecular weight excluding hydrogens is 270 g/mol. The highest BCUT2D eigenvalue weighted by molar-refractivity contribution is 5.85. The van der Waals surface area contributed by atoms with E-state index >= 15 is 0 Å². The van der Waals surface area contributed by atoms with E-state index in [4.69, 9.17) is 5.73 Å². The molecule has 0 bridgehead atoms. The maximum absolute atomic E-state index is 11.3. The van der Waals surface area contributed by atoms with Gasteiger partial charge in [-0.1, -0.05) is 74.5 Å². The Morgan fingerprint density at radius 2 is 1.20 bits per heavy atom. The van der Waals surface area contributed by atoms with Crippen molar-refractivity contribution < 1.29 is 5.11 Å². The number of hydrogen-bond acceptors (Lipinski definition) is 2. The molecule has 1 atom stereocenters. The van der Waals surface area contributed by atoms with Gasteiger partial charge in [-0.15, -0.1) is 12.4 Å². The maximum Gasteiger partial charge on any atom is 0.130 e. The van der Waals surface area contributed by atoms with Gasteiger partial charge >= 0.3 is 0 Å². The van der Waals surface area contributed by atoms with Gasteiger partial charge < -0.3 is 10.8 Å². The fourth-order valence-electron chi connectivity index (χ4n) is 2.42. The molecule has 0 aliphatic carbocycles. The minimum atomic E-state index is -1.16. The number of nitrogens with two attached hydrogens (primary N) is 1. The summed E-state index contributed by atoms with van der Waals surface area (Å²) in [6.07, 6.45) is 0. The molecule has 0 aliphatic heterocycles. The predicted molar refractivity (Wildman–Crippen MR) is 85.9 cm³/mol. The average Bonchev–Trinajstić information content (AvgIpc) is 2.47. The molecule has 3 N–H and O–H groups in total. The molecular formula is C17H22ClNO. The van der Waals surface area contributed by atoms with E-state index in [1.54, 1.807) is 0 Å². The van der Waals surface area contributed by atoms with Gasteiger partial charge in [0.1, 0.15) is 5.60 Å². The molecule has 0 amide bonds. The summed E-state index contributed by atoms with van der Waals surface area (Å²) < 4.78 is 0. The van der Waals surface area contributed by atoms with E-state index in [-0.39, 0.29) is 24.4 Å². The number of rotatable bonds is 4. The van der Waals surface area contributed by atoms with E-state index in [1.807, 2.05) is 74.5 Å². The normalized spacial score (nSPS) is 12.8. The van der Waals surface area contributed by atoms with Crippen LogP contribution in [0.25, 0.3) is 0 Å². The number of hydrogen-bond donors (Lipinski definition) is 2. The Hall–Kier alpha value is -1.35. The lowest BCUT2D eigenvalue weighted by Gasteiger charge is -2.37. The van der Waals surface area contributed by atoms with Crippen LogP contribution >= 0.6 is 12.4 Å². The summed E-state index contributed by atoms with van der Waals surface area (Å²) in [5.74, 6) is 0.172. The Morgan fingerprint density at radius 1 is 0.850 bits per heavy atom. The quantitative estimate of drug-likeness (QED) is 0.908. The van der Waals surface area contributed by atoms with Crippen LogP contribution in [0.5, 0.6) is 0 Å². The van der Waals surface area contributed by atoms with Gasteiger partial charge in [-0.2, -0.15) is 0 Å². The smallest absolute Gasteiger partial charge is 0.130 e. The molecule has 1 unspecified atom stereocenters. The lowest BCUT2D eigenvalue weighted by Crippen LogP contribution is -2.49. The summed E-state index contributed by atoms with van der Waals surface area (Å²) in [7, 11) is 0. The van der Waals surface area contributed by atoms with Crippen LogP contribution in [0, 0.1) is 5.92 Å². The summed E-state index contributed by atoms with van der Waals surface area (Å²) >= 11 is 0. The Labute approximate surface area is 127 Å². The second-order valence-corrected chi connectivity index (χ2v) is 5.27. The standard InChI is InChI=1S/C17H21NO.ClH/c1-13(2)16(18)17(19,14-9-5-3-6-10-14)15-11-7-4-8-12-15;/h3-13,16,19H,18H2,1-2H3;1H. The Morgan fingerprint density at radius 3 is 1.50 bits per heavy atom. The van der Waals surface area contributed by atoms with Gasteiger partial charge in [0, 0.05) is 6.04 Å². The van der Waals surface area contributed by atoms with Crippen molar-refractivity contribution in [3.8, 4) is 0 Å². The second kappa shape index (κ2) is 6.89. The average molecular weight is 292 g/mol. The van der Waals surface area contributed by atoms with E-state index in [2.05, 4.69) is 0 Å². The first-order valence-electron chi connectivity index (χ1n) is 6.66. The summed E-state index contributed by atoms with van der Waals surface area (Å²) in [5.41, 5.74) is 6.82. The van der Waals surface area contributed by atoms with Crippen LogP contribution in [0.2, 0.25) is 0 Å². The SMILES string of the molecule is CC(C)C(N)C(O)(c1ccccc1)c1ccccc1.Cl. The van der Waals surface area contributed by atoms with Crippen LogP contribution in [0.3, 0.4) is 0 Å². The molecule has 0 saturated carbocycles. The Kier molecular flexibility index (Phi) is 5.75. The first-order chi connectivity index (χ1) is 9.06. The van der Waals surface area contributed by atoms with Crippen LogP contribution in [-0.4, -0.2) is 11.1 Å². The summed E-state index contributed by atoms with van der Waals surface area (Å²) in [5, 5.41) is 11.3. The van der Waals surface area contributed by atoms with Crippen molar-refractivity contribution in [1.29, 1.82) is 0 Å². The molecule has 0 spiro atoms. The van der Waals surface area contributed by atoms with Gasteiger partial charge in [-0.3, -0.25) is 0 Å². The van der Waals surface area contributed by atoms with Crippen molar-refractivity contribution in [2.24, 2.45) is 11.7 Å². The second-order valence-electron chi connectivity index (χ2n) is 5.27. The van der Waals surface area contributed by atoms with Gasteiger partial charge in [-0.05, 0) is 17.0 Å². The van der Waals surface area contributed by atoms with E-state index in [0.717, 1.165) is 11.1 Å². The molecule has 0 aliphatic rings. The van der Waals surface area contributed by atoms with Crippen molar-refractivity contribution in [2.45, 2.75) is 25.5 Å². The summed E-state index contributed by atoms with van der Waals surface area (Å²) in [6, 6.07) is 18.9. The first kappa shape index (κ1) is 16.7. The molecule has 0 aromatic heterocycles. The third-order valence-corrected chi connectivity index (χ3v) is 3.63. The van der Waals surface area contributed by atoms with Crippen molar-refractivity contribution in [3.05, 3.63) is 71.8 Å². The van der Waals surface area contributed by atoms with E-state index < -0.39 is 5.60 Å². The molecule has 2 aromatic carbocycles. The molecule has 0 radical (unpaired) electrons. The van der Waals surface area contributed by atoms with Crippen LogP contribution in [-0.2, 0) is 5.60 Å². The highest BCUT2D eigenvalue weighted by atomic mass is 35.5. The summed E-state index contributed by atoms with van der Waals surface area (Å²) in [6.45, 7) is 4.06. The van der Waals surface area contributed by atoms with Gasteiger partial charge in [0.15, 0.2) is 0 Å².